The van der Waals surface area contributed by atoms with Gasteiger partial charge in [-0.3, -0.25) is 4.79 Å². The molecule has 126 valence electrons. The molecular formula is C18H21ClN4O. The summed E-state index contributed by atoms with van der Waals surface area (Å²) >= 11 is 6.02. The molecule has 0 spiro atoms. The van der Waals surface area contributed by atoms with Gasteiger partial charge in [-0.1, -0.05) is 23.7 Å². The Morgan fingerprint density at radius 2 is 1.83 bits per heavy atom. The normalized spacial score (nSPS) is 25.9. The molecule has 1 amide bonds. The van der Waals surface area contributed by atoms with E-state index in [-0.39, 0.29) is 5.91 Å². The molecule has 1 aromatic heterocycles. The van der Waals surface area contributed by atoms with Crippen molar-refractivity contribution in [1.29, 1.82) is 0 Å². The van der Waals surface area contributed by atoms with Gasteiger partial charge in [0, 0.05) is 23.5 Å². The van der Waals surface area contributed by atoms with E-state index in [0.29, 0.717) is 24.5 Å². The third kappa shape index (κ3) is 3.05. The molecule has 6 heteroatoms. The lowest BCUT2D eigenvalue weighted by molar-refractivity contribution is -0.136. The number of amides is 1. The highest BCUT2D eigenvalue weighted by Gasteiger charge is 2.43. The lowest BCUT2D eigenvalue weighted by Gasteiger charge is -2.38. The highest BCUT2D eigenvalue weighted by Crippen LogP contribution is 2.40. The molecule has 2 aliphatic heterocycles. The molecule has 4 rings (SSSR count). The third-order valence-electron chi connectivity index (χ3n) is 5.28. The topological polar surface area (TPSA) is 51.0 Å². The molecule has 1 aromatic carbocycles. The Hall–Kier alpha value is -1.88. The molecule has 0 aliphatic carbocycles. The predicted octanol–water partition coefficient (Wildman–Crippen LogP) is 3.26. The number of carbonyl (C=O) groups is 1. The summed E-state index contributed by atoms with van der Waals surface area (Å²) in [5.41, 5.74) is 1.12. The maximum atomic E-state index is 12.8. The van der Waals surface area contributed by atoms with Crippen LogP contribution in [0.5, 0.6) is 0 Å². The molecule has 2 fully saturated rings. The molecule has 3 heterocycles. The van der Waals surface area contributed by atoms with Crippen LogP contribution in [-0.4, -0.2) is 37.9 Å². The molecular weight excluding hydrogens is 324 g/mol. The molecule has 5 nitrogen and oxygen atoms in total. The van der Waals surface area contributed by atoms with E-state index in [9.17, 15) is 4.79 Å². The Balaban J connectivity index is 1.39. The molecule has 0 N–H and O–H groups in total. The number of piperidine rings is 1. The van der Waals surface area contributed by atoms with Crippen molar-refractivity contribution in [2.45, 2.75) is 56.7 Å². The number of aromatic nitrogens is 3. The van der Waals surface area contributed by atoms with Crippen LogP contribution in [0, 0.1) is 0 Å². The number of hydrogen-bond acceptors (Lipinski definition) is 3. The van der Waals surface area contributed by atoms with Gasteiger partial charge in [-0.2, -0.15) is 15.0 Å². The van der Waals surface area contributed by atoms with Crippen molar-refractivity contribution < 1.29 is 4.79 Å². The van der Waals surface area contributed by atoms with E-state index in [1.807, 2.05) is 29.1 Å². The van der Waals surface area contributed by atoms with Crippen molar-refractivity contribution in [3.8, 4) is 0 Å². The van der Waals surface area contributed by atoms with Gasteiger partial charge in [-0.15, -0.1) is 0 Å². The number of carbonyl (C=O) groups excluding carboxylic acids is 1. The summed E-state index contributed by atoms with van der Waals surface area (Å²) in [5.74, 6) is 0.273. The molecule has 0 saturated carbocycles. The van der Waals surface area contributed by atoms with Gasteiger partial charge in [0.05, 0.1) is 18.4 Å². The first-order chi connectivity index (χ1) is 11.7. The Morgan fingerprint density at radius 1 is 1.12 bits per heavy atom. The summed E-state index contributed by atoms with van der Waals surface area (Å²) in [6, 6.07) is 8.78. The van der Waals surface area contributed by atoms with Crippen LogP contribution in [-0.2, 0) is 11.2 Å². The molecule has 2 bridgehead atoms. The van der Waals surface area contributed by atoms with Crippen molar-refractivity contribution in [2.24, 2.45) is 0 Å². The van der Waals surface area contributed by atoms with Crippen LogP contribution >= 0.6 is 11.6 Å². The average molecular weight is 345 g/mol. The highest BCUT2D eigenvalue weighted by molar-refractivity contribution is 6.30. The Labute approximate surface area is 146 Å². The van der Waals surface area contributed by atoms with E-state index in [2.05, 4.69) is 15.1 Å². The Kier molecular flexibility index (Phi) is 4.27. The number of nitrogens with zero attached hydrogens (tertiary/aromatic N) is 4. The van der Waals surface area contributed by atoms with Crippen LogP contribution in [0.15, 0.2) is 36.7 Å². The van der Waals surface area contributed by atoms with Crippen molar-refractivity contribution in [3.05, 3.63) is 47.2 Å². The molecule has 2 saturated heterocycles. The molecule has 2 aliphatic rings. The van der Waals surface area contributed by atoms with Crippen molar-refractivity contribution in [3.63, 3.8) is 0 Å². The second kappa shape index (κ2) is 6.55. The van der Waals surface area contributed by atoms with Gasteiger partial charge in [0.2, 0.25) is 5.91 Å². The zero-order chi connectivity index (χ0) is 16.5. The summed E-state index contributed by atoms with van der Waals surface area (Å²) in [5, 5.41) is 9.29. The summed E-state index contributed by atoms with van der Waals surface area (Å²) in [7, 11) is 0. The monoisotopic (exact) mass is 344 g/mol. The van der Waals surface area contributed by atoms with E-state index < -0.39 is 0 Å². The Bertz CT molecular complexity index is 704. The largest absolute Gasteiger partial charge is 0.337 e. The van der Waals surface area contributed by atoms with Crippen LogP contribution in [0.25, 0.3) is 0 Å². The average Bonchev–Trinajstić information content (AvgIpc) is 3.20. The number of rotatable bonds is 4. The lowest BCUT2D eigenvalue weighted by Crippen LogP contribution is -2.47. The van der Waals surface area contributed by atoms with Gasteiger partial charge in [0.25, 0.3) is 0 Å². The van der Waals surface area contributed by atoms with Crippen molar-refractivity contribution >= 4 is 17.5 Å². The quantitative estimate of drug-likeness (QED) is 0.855. The van der Waals surface area contributed by atoms with E-state index in [1.54, 1.807) is 12.4 Å². The van der Waals surface area contributed by atoms with E-state index in [0.717, 1.165) is 42.7 Å². The lowest BCUT2D eigenvalue weighted by atomic mass is 9.97. The second-order valence-corrected chi connectivity index (χ2v) is 7.23. The zero-order valence-electron chi connectivity index (χ0n) is 13.5. The van der Waals surface area contributed by atoms with Gasteiger partial charge in [0.1, 0.15) is 0 Å². The van der Waals surface area contributed by atoms with Gasteiger partial charge < -0.3 is 4.90 Å². The first-order valence-corrected chi connectivity index (χ1v) is 9.00. The minimum Gasteiger partial charge on any atom is -0.337 e. The first-order valence-electron chi connectivity index (χ1n) is 8.62. The number of benzene rings is 1. The van der Waals surface area contributed by atoms with Crippen LogP contribution in [0.4, 0.5) is 0 Å². The summed E-state index contributed by atoms with van der Waals surface area (Å²) < 4.78 is 0. The fraction of sp³-hybridized carbons (Fsp3) is 0.500. The molecule has 24 heavy (non-hydrogen) atoms. The van der Waals surface area contributed by atoms with Gasteiger partial charge in [0.15, 0.2) is 0 Å². The highest BCUT2D eigenvalue weighted by atomic mass is 35.5. The van der Waals surface area contributed by atoms with E-state index in [4.69, 9.17) is 11.6 Å². The minimum absolute atomic E-state index is 0.273. The standard InChI is InChI=1S/C18H21ClN4O/c19-14-3-1-2-13(10-14)4-7-18(24)22-15-5-6-16(22)12-17(11-15)23-20-8-9-21-23/h1-3,8-10,15-17H,4-7,11-12H2/t15-,16-/m0/s1. The van der Waals surface area contributed by atoms with Crippen molar-refractivity contribution in [2.75, 3.05) is 0 Å². The molecule has 2 atom stereocenters. The molecule has 0 radical (unpaired) electrons. The van der Waals surface area contributed by atoms with Crippen LogP contribution in [0.3, 0.4) is 0 Å². The summed E-state index contributed by atoms with van der Waals surface area (Å²) in [4.78, 5) is 16.7. The van der Waals surface area contributed by atoms with Crippen LogP contribution < -0.4 is 0 Å². The maximum Gasteiger partial charge on any atom is 0.223 e. The predicted molar refractivity (Wildman–Crippen MR) is 91.7 cm³/mol. The van der Waals surface area contributed by atoms with Crippen molar-refractivity contribution in [1.82, 2.24) is 19.9 Å². The number of halogens is 1. The number of fused-ring (bicyclic) bond motifs is 2. The summed E-state index contributed by atoms with van der Waals surface area (Å²) in [6.45, 7) is 0. The smallest absolute Gasteiger partial charge is 0.223 e. The van der Waals surface area contributed by atoms with Gasteiger partial charge in [-0.05, 0) is 49.8 Å². The van der Waals surface area contributed by atoms with Crippen LogP contribution in [0.1, 0.15) is 43.7 Å². The van der Waals surface area contributed by atoms with E-state index in [1.165, 1.54) is 0 Å². The Morgan fingerprint density at radius 3 is 2.50 bits per heavy atom. The fourth-order valence-electron chi connectivity index (χ4n) is 4.23. The second-order valence-electron chi connectivity index (χ2n) is 6.79. The maximum absolute atomic E-state index is 12.8. The first kappa shape index (κ1) is 15.6. The van der Waals surface area contributed by atoms with Gasteiger partial charge in [-0.25, -0.2) is 0 Å². The number of aryl methyl sites for hydroxylation is 1. The van der Waals surface area contributed by atoms with Gasteiger partial charge >= 0.3 is 0 Å². The SMILES string of the molecule is O=C(CCc1cccc(Cl)c1)N1[C@H]2CC[C@H]1CC(n1nccn1)C2. The fourth-order valence-corrected chi connectivity index (χ4v) is 4.44. The number of hydrogen-bond donors (Lipinski definition) is 0. The minimum atomic E-state index is 0.273. The zero-order valence-corrected chi connectivity index (χ0v) is 14.3. The summed E-state index contributed by atoms with van der Waals surface area (Å²) in [6.07, 6.45) is 8.89. The molecule has 2 aromatic rings. The molecule has 0 unspecified atom stereocenters. The van der Waals surface area contributed by atoms with Crippen LogP contribution in [0.2, 0.25) is 5.02 Å². The third-order valence-corrected chi connectivity index (χ3v) is 5.51. The van der Waals surface area contributed by atoms with E-state index >= 15 is 0 Å².